The van der Waals surface area contributed by atoms with Gasteiger partial charge in [0.2, 0.25) is 0 Å². The van der Waals surface area contributed by atoms with Crippen LogP contribution < -0.4 is 0 Å². The molecule has 94 valence electrons. The number of rotatable bonds is 2. The third-order valence-electron chi connectivity index (χ3n) is 3.25. The lowest BCUT2D eigenvalue weighted by atomic mass is 9.97. The summed E-state index contributed by atoms with van der Waals surface area (Å²) in [5, 5.41) is 1.80. The highest BCUT2D eigenvalue weighted by Crippen LogP contribution is 2.34. The molecule has 0 fully saturated rings. The molecule has 0 aliphatic carbocycles. The van der Waals surface area contributed by atoms with E-state index in [2.05, 4.69) is 12.6 Å². The summed E-state index contributed by atoms with van der Waals surface area (Å²) in [6, 6.07) is 15.7. The highest BCUT2D eigenvalue weighted by molar-refractivity contribution is 6.30. The van der Waals surface area contributed by atoms with Gasteiger partial charge in [-0.05, 0) is 36.3 Å². The second-order valence-electron chi connectivity index (χ2n) is 4.52. The number of hydrogen-bond acceptors (Lipinski definition) is 1. The summed E-state index contributed by atoms with van der Waals surface area (Å²) in [4.78, 5) is 0. The molecule has 0 aliphatic heterocycles. The van der Waals surface area contributed by atoms with Crippen molar-refractivity contribution in [2.24, 2.45) is 0 Å². The van der Waals surface area contributed by atoms with Gasteiger partial charge >= 0.3 is 0 Å². The molecule has 3 rings (SSSR count). The Balaban J connectivity index is 2.19. The van der Waals surface area contributed by atoms with Crippen molar-refractivity contribution in [1.82, 2.24) is 0 Å². The molecular formula is C17H13ClO. The first-order chi connectivity index (χ1) is 9.16. The summed E-state index contributed by atoms with van der Waals surface area (Å²) < 4.78 is 5.78. The highest BCUT2D eigenvalue weighted by atomic mass is 35.5. The van der Waals surface area contributed by atoms with Gasteiger partial charge in [0, 0.05) is 16.0 Å². The van der Waals surface area contributed by atoms with E-state index in [1.165, 1.54) is 0 Å². The zero-order valence-corrected chi connectivity index (χ0v) is 11.4. The molecule has 0 saturated heterocycles. The number of furan rings is 1. The van der Waals surface area contributed by atoms with Gasteiger partial charge in [0.15, 0.2) is 0 Å². The maximum absolute atomic E-state index is 6.04. The van der Waals surface area contributed by atoms with Gasteiger partial charge < -0.3 is 4.42 Å². The van der Waals surface area contributed by atoms with E-state index in [4.69, 9.17) is 16.0 Å². The second-order valence-corrected chi connectivity index (χ2v) is 4.95. The molecule has 1 heterocycles. The first kappa shape index (κ1) is 12.1. The third kappa shape index (κ3) is 2.06. The summed E-state index contributed by atoms with van der Waals surface area (Å²) in [5.74, 6) is 0.881. The smallest absolute Gasteiger partial charge is 0.134 e. The van der Waals surface area contributed by atoms with Gasteiger partial charge in [-0.1, -0.05) is 48.5 Å². The molecule has 3 aromatic rings. The fourth-order valence-corrected chi connectivity index (χ4v) is 2.55. The molecule has 19 heavy (non-hydrogen) atoms. The zero-order chi connectivity index (χ0) is 13.4. The number of hydrogen-bond donors (Lipinski definition) is 0. The van der Waals surface area contributed by atoms with Crippen LogP contribution in [0.2, 0.25) is 5.02 Å². The van der Waals surface area contributed by atoms with Crippen LogP contribution in [-0.4, -0.2) is 0 Å². The van der Waals surface area contributed by atoms with Gasteiger partial charge in [-0.25, -0.2) is 0 Å². The van der Waals surface area contributed by atoms with E-state index < -0.39 is 0 Å². The minimum absolute atomic E-state index is 0.712. The minimum atomic E-state index is 0.712. The average Bonchev–Trinajstić information content (AvgIpc) is 2.74. The van der Waals surface area contributed by atoms with E-state index in [1.807, 2.05) is 49.4 Å². The van der Waals surface area contributed by atoms with E-state index in [1.54, 1.807) is 0 Å². The molecule has 2 aromatic carbocycles. The first-order valence-electron chi connectivity index (χ1n) is 6.10. The van der Waals surface area contributed by atoms with Gasteiger partial charge in [0.25, 0.3) is 0 Å². The van der Waals surface area contributed by atoms with Crippen molar-refractivity contribution in [2.75, 3.05) is 0 Å². The lowest BCUT2D eigenvalue weighted by Crippen LogP contribution is -1.87. The number of fused-ring (bicyclic) bond motifs is 1. The first-order valence-corrected chi connectivity index (χ1v) is 6.48. The quantitative estimate of drug-likeness (QED) is 0.602. The molecule has 2 heteroatoms. The van der Waals surface area contributed by atoms with E-state index in [9.17, 15) is 0 Å². The molecule has 0 atom stereocenters. The van der Waals surface area contributed by atoms with Crippen LogP contribution in [0, 0.1) is 6.92 Å². The maximum Gasteiger partial charge on any atom is 0.134 e. The molecule has 0 radical (unpaired) electrons. The minimum Gasteiger partial charge on any atom is -0.461 e. The molecular weight excluding hydrogens is 256 g/mol. The Hall–Kier alpha value is -1.99. The summed E-state index contributed by atoms with van der Waals surface area (Å²) in [6.45, 7) is 6.16. The number of halogens is 1. The molecule has 1 nitrogen and oxygen atoms in total. The van der Waals surface area contributed by atoms with Gasteiger partial charge in [-0.15, -0.1) is 0 Å². The van der Waals surface area contributed by atoms with Crippen molar-refractivity contribution in [3.8, 4) is 0 Å². The van der Waals surface area contributed by atoms with Crippen LogP contribution in [-0.2, 0) is 0 Å². The Morgan fingerprint density at radius 3 is 2.68 bits per heavy atom. The van der Waals surface area contributed by atoms with E-state index in [0.717, 1.165) is 33.4 Å². The van der Waals surface area contributed by atoms with Crippen molar-refractivity contribution < 1.29 is 4.42 Å². The topological polar surface area (TPSA) is 13.1 Å². The molecule has 0 N–H and O–H groups in total. The molecule has 0 aliphatic rings. The predicted octanol–water partition coefficient (Wildman–Crippen LogP) is 5.46. The highest BCUT2D eigenvalue weighted by Gasteiger charge is 2.14. The Labute approximate surface area is 117 Å². The molecule has 0 unspecified atom stereocenters. The number of para-hydroxylation sites is 1. The summed E-state index contributed by atoms with van der Waals surface area (Å²) >= 11 is 6.04. The Morgan fingerprint density at radius 2 is 1.89 bits per heavy atom. The van der Waals surface area contributed by atoms with Crippen molar-refractivity contribution in [3.63, 3.8) is 0 Å². The van der Waals surface area contributed by atoms with Crippen LogP contribution in [0.4, 0.5) is 0 Å². The summed E-state index contributed by atoms with van der Waals surface area (Å²) in [7, 11) is 0. The van der Waals surface area contributed by atoms with Gasteiger partial charge in [-0.2, -0.15) is 0 Å². The van der Waals surface area contributed by atoms with Crippen LogP contribution in [0.3, 0.4) is 0 Å². The lowest BCUT2D eigenvalue weighted by molar-refractivity contribution is 0.577. The Kier molecular flexibility index (Phi) is 2.92. The Bertz CT molecular complexity index is 768. The SMILES string of the molecule is C=C(c1cccc(Cl)c1)c1c(C)oc2ccccc12. The zero-order valence-electron chi connectivity index (χ0n) is 10.6. The average molecular weight is 269 g/mol. The molecule has 0 bridgehead atoms. The van der Waals surface area contributed by atoms with Gasteiger partial charge in [0.1, 0.15) is 11.3 Å². The largest absolute Gasteiger partial charge is 0.461 e. The molecule has 1 aromatic heterocycles. The van der Waals surface area contributed by atoms with Crippen molar-refractivity contribution >= 4 is 28.1 Å². The third-order valence-corrected chi connectivity index (χ3v) is 3.48. The fraction of sp³-hybridized carbons (Fsp3) is 0.0588. The second kappa shape index (κ2) is 4.60. The van der Waals surface area contributed by atoms with Crippen LogP contribution in [0.1, 0.15) is 16.9 Å². The monoisotopic (exact) mass is 268 g/mol. The van der Waals surface area contributed by atoms with E-state index >= 15 is 0 Å². The van der Waals surface area contributed by atoms with Crippen LogP contribution in [0.25, 0.3) is 16.5 Å². The van der Waals surface area contributed by atoms with E-state index in [0.29, 0.717) is 5.02 Å². The molecule has 0 amide bonds. The predicted molar refractivity (Wildman–Crippen MR) is 80.5 cm³/mol. The normalized spacial score (nSPS) is 10.8. The van der Waals surface area contributed by atoms with Crippen molar-refractivity contribution in [1.29, 1.82) is 0 Å². The maximum atomic E-state index is 6.04. The number of benzene rings is 2. The fourth-order valence-electron chi connectivity index (χ4n) is 2.36. The van der Waals surface area contributed by atoms with Crippen molar-refractivity contribution in [3.05, 3.63) is 77.0 Å². The molecule has 0 spiro atoms. The van der Waals surface area contributed by atoms with Crippen molar-refractivity contribution in [2.45, 2.75) is 6.92 Å². The Morgan fingerprint density at radius 1 is 1.11 bits per heavy atom. The van der Waals surface area contributed by atoms with Crippen LogP contribution in [0.5, 0.6) is 0 Å². The standard InChI is InChI=1S/C17H13ClO/c1-11(13-6-5-7-14(18)10-13)17-12(2)19-16-9-4-3-8-15(16)17/h3-10H,1H2,2H3. The summed E-state index contributed by atoms with van der Waals surface area (Å²) in [6.07, 6.45) is 0. The number of aryl methyl sites for hydroxylation is 1. The van der Waals surface area contributed by atoms with Gasteiger partial charge in [0.05, 0.1) is 0 Å². The lowest BCUT2D eigenvalue weighted by Gasteiger charge is -2.06. The van der Waals surface area contributed by atoms with Crippen LogP contribution >= 0.6 is 11.6 Å². The van der Waals surface area contributed by atoms with E-state index in [-0.39, 0.29) is 0 Å². The summed E-state index contributed by atoms with van der Waals surface area (Å²) in [5.41, 5.74) is 3.89. The molecule has 0 saturated carbocycles. The van der Waals surface area contributed by atoms with Crippen LogP contribution in [0.15, 0.2) is 59.5 Å². The van der Waals surface area contributed by atoms with Gasteiger partial charge in [-0.3, -0.25) is 0 Å².